The molecule has 0 aromatic carbocycles. The van der Waals surface area contributed by atoms with Crippen LogP contribution in [0.2, 0.25) is 0 Å². The standard InChI is InChI=1S/C17H29N3O2S/c1-3-13(21)7-6-10-18-16(22)9-5-4-8-15-17-14(11-23-15)19-12(2)20-17/h14-15,17,19-20H,2-11H2,1H3,(H,18,22). The summed E-state index contributed by atoms with van der Waals surface area (Å²) in [5.41, 5.74) is 0. The van der Waals surface area contributed by atoms with E-state index in [0.717, 1.165) is 37.3 Å². The van der Waals surface area contributed by atoms with Gasteiger partial charge >= 0.3 is 0 Å². The molecule has 2 aliphatic heterocycles. The summed E-state index contributed by atoms with van der Waals surface area (Å²) in [4.78, 5) is 22.9. The number of nitrogens with one attached hydrogen (secondary N) is 3. The van der Waals surface area contributed by atoms with E-state index in [1.54, 1.807) is 0 Å². The van der Waals surface area contributed by atoms with Crippen molar-refractivity contribution in [2.45, 2.75) is 69.2 Å². The van der Waals surface area contributed by atoms with E-state index in [0.29, 0.717) is 43.1 Å². The molecule has 0 spiro atoms. The molecule has 0 radical (unpaired) electrons. The molecular formula is C17H29N3O2S. The van der Waals surface area contributed by atoms with Gasteiger partial charge in [-0.05, 0) is 19.3 Å². The van der Waals surface area contributed by atoms with Gasteiger partial charge in [0.25, 0.3) is 0 Å². The molecule has 0 aromatic rings. The highest BCUT2D eigenvalue weighted by atomic mass is 32.2. The lowest BCUT2D eigenvalue weighted by atomic mass is 10.0. The molecule has 0 saturated carbocycles. The minimum Gasteiger partial charge on any atom is -0.367 e. The Kier molecular flexibility index (Phi) is 7.27. The number of hydrogen-bond acceptors (Lipinski definition) is 5. The van der Waals surface area contributed by atoms with Crippen LogP contribution in [-0.4, -0.2) is 41.3 Å². The highest BCUT2D eigenvalue weighted by Gasteiger charge is 2.40. The number of rotatable bonds is 10. The van der Waals surface area contributed by atoms with Crippen molar-refractivity contribution < 1.29 is 9.59 Å². The molecule has 1 amide bonds. The minimum atomic E-state index is 0.111. The van der Waals surface area contributed by atoms with Crippen LogP contribution in [0.15, 0.2) is 12.4 Å². The van der Waals surface area contributed by atoms with Gasteiger partial charge < -0.3 is 16.0 Å². The number of thioether (sulfide) groups is 1. The molecule has 3 N–H and O–H groups in total. The number of hydrogen-bond donors (Lipinski definition) is 3. The second-order valence-electron chi connectivity index (χ2n) is 6.36. The van der Waals surface area contributed by atoms with E-state index in [1.807, 2.05) is 18.7 Å². The maximum Gasteiger partial charge on any atom is 0.219 e. The Balaban J connectivity index is 1.49. The van der Waals surface area contributed by atoms with Gasteiger partial charge in [0.15, 0.2) is 0 Å². The molecule has 0 aromatic heterocycles. The highest BCUT2D eigenvalue weighted by molar-refractivity contribution is 8.00. The Hall–Kier alpha value is -1.17. The molecule has 2 fully saturated rings. The van der Waals surface area contributed by atoms with E-state index in [9.17, 15) is 9.59 Å². The van der Waals surface area contributed by atoms with Gasteiger partial charge in [-0.3, -0.25) is 9.59 Å². The Morgan fingerprint density at radius 3 is 2.87 bits per heavy atom. The Bertz CT molecular complexity index is 442. The second kappa shape index (κ2) is 9.21. The maximum absolute atomic E-state index is 11.7. The lowest BCUT2D eigenvalue weighted by molar-refractivity contribution is -0.122. The van der Waals surface area contributed by atoms with Gasteiger partial charge in [0.2, 0.25) is 5.91 Å². The topological polar surface area (TPSA) is 70.2 Å². The van der Waals surface area contributed by atoms with Crippen molar-refractivity contribution in [1.82, 2.24) is 16.0 Å². The normalized spacial score (nSPS) is 25.6. The average Bonchev–Trinajstić information content (AvgIpc) is 3.07. The summed E-state index contributed by atoms with van der Waals surface area (Å²) < 4.78 is 0. The number of carbonyl (C=O) groups excluding carboxylic acids is 2. The average molecular weight is 340 g/mol. The molecule has 3 atom stereocenters. The summed E-state index contributed by atoms with van der Waals surface area (Å²) in [6, 6.07) is 1.02. The van der Waals surface area contributed by atoms with Crippen molar-refractivity contribution in [2.75, 3.05) is 12.3 Å². The zero-order valence-electron chi connectivity index (χ0n) is 14.0. The van der Waals surface area contributed by atoms with Gasteiger partial charge in [-0.2, -0.15) is 11.8 Å². The van der Waals surface area contributed by atoms with Gasteiger partial charge in [-0.1, -0.05) is 19.9 Å². The molecule has 2 rings (SSSR count). The monoisotopic (exact) mass is 339 g/mol. The molecule has 3 unspecified atom stereocenters. The van der Waals surface area contributed by atoms with E-state index < -0.39 is 0 Å². The summed E-state index contributed by atoms with van der Waals surface area (Å²) in [5, 5.41) is 10.3. The smallest absolute Gasteiger partial charge is 0.219 e. The first kappa shape index (κ1) is 18.2. The minimum absolute atomic E-state index is 0.111. The predicted octanol–water partition coefficient (Wildman–Crippen LogP) is 1.94. The second-order valence-corrected chi connectivity index (χ2v) is 7.63. The van der Waals surface area contributed by atoms with Crippen molar-refractivity contribution in [3.63, 3.8) is 0 Å². The van der Waals surface area contributed by atoms with Crippen molar-refractivity contribution >= 4 is 23.5 Å². The molecule has 130 valence electrons. The molecule has 2 saturated heterocycles. The number of carbonyl (C=O) groups is 2. The Morgan fingerprint density at radius 2 is 2.09 bits per heavy atom. The Morgan fingerprint density at radius 1 is 1.26 bits per heavy atom. The van der Waals surface area contributed by atoms with E-state index in [2.05, 4.69) is 22.5 Å². The van der Waals surface area contributed by atoms with Crippen molar-refractivity contribution in [2.24, 2.45) is 0 Å². The van der Waals surface area contributed by atoms with Gasteiger partial charge in [0.1, 0.15) is 5.78 Å². The summed E-state index contributed by atoms with van der Waals surface area (Å²) >= 11 is 2.02. The molecule has 2 heterocycles. The number of Topliss-reactive ketones (excluding diaryl/α,β-unsaturated/α-hetero) is 1. The van der Waals surface area contributed by atoms with Crippen LogP contribution in [0.5, 0.6) is 0 Å². The summed E-state index contributed by atoms with van der Waals surface area (Å²) in [7, 11) is 0. The lowest BCUT2D eigenvalue weighted by Gasteiger charge is -2.17. The fourth-order valence-electron chi connectivity index (χ4n) is 3.16. The van der Waals surface area contributed by atoms with Crippen LogP contribution < -0.4 is 16.0 Å². The zero-order chi connectivity index (χ0) is 16.7. The molecule has 23 heavy (non-hydrogen) atoms. The van der Waals surface area contributed by atoms with Crippen LogP contribution in [0.25, 0.3) is 0 Å². The SMILES string of the molecule is C=C1NC2CSC(CCCCC(=O)NCCCC(=O)CC)C2N1. The number of fused-ring (bicyclic) bond motifs is 1. The first-order valence-electron chi connectivity index (χ1n) is 8.72. The van der Waals surface area contributed by atoms with Crippen LogP contribution >= 0.6 is 11.8 Å². The zero-order valence-corrected chi connectivity index (χ0v) is 14.8. The van der Waals surface area contributed by atoms with Gasteiger partial charge in [0.05, 0.1) is 17.9 Å². The number of ketones is 1. The number of unbranched alkanes of at least 4 members (excludes halogenated alkanes) is 1. The van der Waals surface area contributed by atoms with Gasteiger partial charge in [0, 0.05) is 36.8 Å². The third kappa shape index (κ3) is 5.75. The maximum atomic E-state index is 11.7. The van der Waals surface area contributed by atoms with Gasteiger partial charge in [-0.15, -0.1) is 0 Å². The van der Waals surface area contributed by atoms with Gasteiger partial charge in [-0.25, -0.2) is 0 Å². The fraction of sp³-hybridized carbons (Fsp3) is 0.765. The lowest BCUT2D eigenvalue weighted by Crippen LogP contribution is -2.36. The van der Waals surface area contributed by atoms with Crippen molar-refractivity contribution in [3.05, 3.63) is 12.4 Å². The third-order valence-corrected chi connectivity index (χ3v) is 6.02. The summed E-state index contributed by atoms with van der Waals surface area (Å²) in [6.45, 7) is 6.43. The summed E-state index contributed by atoms with van der Waals surface area (Å²) in [6.07, 6.45) is 5.66. The van der Waals surface area contributed by atoms with Crippen LogP contribution in [0.4, 0.5) is 0 Å². The highest BCUT2D eigenvalue weighted by Crippen LogP contribution is 2.34. The molecule has 0 bridgehead atoms. The van der Waals surface area contributed by atoms with Crippen molar-refractivity contribution in [3.8, 4) is 0 Å². The first-order valence-corrected chi connectivity index (χ1v) is 9.77. The molecule has 6 heteroatoms. The first-order chi connectivity index (χ1) is 11.1. The van der Waals surface area contributed by atoms with Crippen LogP contribution in [0.3, 0.4) is 0 Å². The number of amides is 1. The Labute approximate surface area is 143 Å². The van der Waals surface area contributed by atoms with E-state index in [4.69, 9.17) is 0 Å². The largest absolute Gasteiger partial charge is 0.367 e. The van der Waals surface area contributed by atoms with E-state index in [1.165, 1.54) is 0 Å². The van der Waals surface area contributed by atoms with Crippen LogP contribution in [-0.2, 0) is 9.59 Å². The van der Waals surface area contributed by atoms with E-state index >= 15 is 0 Å². The molecule has 2 aliphatic rings. The fourth-order valence-corrected chi connectivity index (χ4v) is 4.70. The quantitative estimate of drug-likeness (QED) is 0.531. The van der Waals surface area contributed by atoms with E-state index in [-0.39, 0.29) is 11.7 Å². The molecular weight excluding hydrogens is 310 g/mol. The van der Waals surface area contributed by atoms with Crippen LogP contribution in [0, 0.1) is 0 Å². The molecule has 5 nitrogen and oxygen atoms in total. The van der Waals surface area contributed by atoms with Crippen LogP contribution in [0.1, 0.15) is 51.9 Å². The van der Waals surface area contributed by atoms with Crippen molar-refractivity contribution in [1.29, 1.82) is 0 Å². The molecule has 0 aliphatic carbocycles. The third-order valence-electron chi connectivity index (χ3n) is 4.52. The predicted molar refractivity (Wildman–Crippen MR) is 95.2 cm³/mol. The summed E-state index contributed by atoms with van der Waals surface area (Å²) in [5.74, 6) is 2.47.